The summed E-state index contributed by atoms with van der Waals surface area (Å²) in [5.41, 5.74) is 4.40. The van der Waals surface area contributed by atoms with Crippen molar-refractivity contribution in [3.63, 3.8) is 0 Å². The lowest BCUT2D eigenvalue weighted by Crippen LogP contribution is -1.91. The lowest BCUT2D eigenvalue weighted by Gasteiger charge is -2.04. The van der Waals surface area contributed by atoms with E-state index < -0.39 is 0 Å². The molecule has 0 aliphatic carbocycles. The Morgan fingerprint density at radius 1 is 1.20 bits per heavy atom. The van der Waals surface area contributed by atoms with Gasteiger partial charge in [0, 0.05) is 21.8 Å². The first-order valence-electron chi connectivity index (χ1n) is 6.01. The van der Waals surface area contributed by atoms with Crippen LogP contribution in [0.5, 0.6) is 0 Å². The van der Waals surface area contributed by atoms with Crippen LogP contribution in [0, 0.1) is 6.92 Å². The van der Waals surface area contributed by atoms with E-state index in [2.05, 4.69) is 15.2 Å². The summed E-state index contributed by atoms with van der Waals surface area (Å²) < 4.78 is 0. The molecule has 102 valence electrons. The monoisotopic (exact) mass is 307 g/mol. The van der Waals surface area contributed by atoms with E-state index in [1.165, 1.54) is 0 Å². The van der Waals surface area contributed by atoms with E-state index in [1.807, 2.05) is 19.1 Å². The number of pyridine rings is 1. The van der Waals surface area contributed by atoms with Gasteiger partial charge in [-0.2, -0.15) is 5.10 Å². The number of halogens is 2. The van der Waals surface area contributed by atoms with Gasteiger partial charge in [0.15, 0.2) is 0 Å². The lowest BCUT2D eigenvalue weighted by atomic mass is 10.1. The Morgan fingerprint density at radius 3 is 2.70 bits per heavy atom. The predicted octanol–water partition coefficient (Wildman–Crippen LogP) is 3.73. The van der Waals surface area contributed by atoms with Crippen LogP contribution in [0.25, 0.3) is 22.3 Å². The second kappa shape index (κ2) is 5.05. The summed E-state index contributed by atoms with van der Waals surface area (Å²) in [7, 11) is 0. The van der Waals surface area contributed by atoms with Gasteiger partial charge in [-0.1, -0.05) is 23.2 Å². The molecule has 0 unspecified atom stereocenters. The van der Waals surface area contributed by atoms with E-state index in [0.717, 1.165) is 22.5 Å². The number of aliphatic hydroxyl groups excluding tert-OH is 1. The Labute approximate surface area is 125 Å². The number of H-pyrrole nitrogens is 1. The summed E-state index contributed by atoms with van der Waals surface area (Å²) in [5, 5.41) is 17.7. The van der Waals surface area contributed by atoms with Gasteiger partial charge in [-0.25, -0.2) is 4.98 Å². The molecule has 0 atom stereocenters. The molecular formula is C14H11Cl2N3O. The lowest BCUT2D eigenvalue weighted by molar-refractivity contribution is 0.283. The number of aryl methyl sites for hydroxylation is 1. The SMILES string of the molecule is Cc1cc(CO)c2n[nH]c(-c3ccc(Cl)cc3Cl)c2n1. The average molecular weight is 308 g/mol. The molecule has 1 aromatic carbocycles. The summed E-state index contributed by atoms with van der Waals surface area (Å²) in [6, 6.07) is 7.07. The maximum Gasteiger partial charge on any atom is 0.117 e. The van der Waals surface area contributed by atoms with Gasteiger partial charge in [0.2, 0.25) is 0 Å². The molecule has 2 aromatic heterocycles. The molecule has 6 heteroatoms. The molecule has 0 saturated heterocycles. The third-order valence-electron chi connectivity index (χ3n) is 3.09. The van der Waals surface area contributed by atoms with Crippen molar-refractivity contribution in [3.8, 4) is 11.3 Å². The van der Waals surface area contributed by atoms with Crippen molar-refractivity contribution in [3.05, 3.63) is 45.6 Å². The number of aliphatic hydroxyl groups is 1. The van der Waals surface area contributed by atoms with Crippen LogP contribution >= 0.6 is 23.2 Å². The van der Waals surface area contributed by atoms with Gasteiger partial charge >= 0.3 is 0 Å². The van der Waals surface area contributed by atoms with Crippen LogP contribution in [0.15, 0.2) is 24.3 Å². The topological polar surface area (TPSA) is 61.8 Å². The zero-order valence-electron chi connectivity index (χ0n) is 10.6. The fraction of sp³-hybridized carbons (Fsp3) is 0.143. The number of nitrogens with zero attached hydrogens (tertiary/aromatic N) is 2. The molecule has 0 aliphatic heterocycles. The van der Waals surface area contributed by atoms with Gasteiger partial charge in [-0.05, 0) is 31.2 Å². The molecule has 2 N–H and O–H groups in total. The first-order chi connectivity index (χ1) is 9.60. The van der Waals surface area contributed by atoms with Gasteiger partial charge in [0.25, 0.3) is 0 Å². The van der Waals surface area contributed by atoms with E-state index in [9.17, 15) is 5.11 Å². The van der Waals surface area contributed by atoms with E-state index in [1.54, 1.807) is 12.1 Å². The molecule has 3 aromatic rings. The van der Waals surface area contributed by atoms with Gasteiger partial charge in [-0.15, -0.1) is 0 Å². The summed E-state index contributed by atoms with van der Waals surface area (Å²) >= 11 is 12.1. The van der Waals surface area contributed by atoms with Crippen LogP contribution < -0.4 is 0 Å². The smallest absolute Gasteiger partial charge is 0.117 e. The molecule has 20 heavy (non-hydrogen) atoms. The maximum absolute atomic E-state index is 9.41. The summed E-state index contributed by atoms with van der Waals surface area (Å²) in [6.07, 6.45) is 0. The van der Waals surface area contributed by atoms with Crippen LogP contribution in [0.2, 0.25) is 10.0 Å². The van der Waals surface area contributed by atoms with E-state index in [4.69, 9.17) is 23.2 Å². The molecule has 0 fully saturated rings. The van der Waals surface area contributed by atoms with Crippen molar-refractivity contribution in [2.45, 2.75) is 13.5 Å². The summed E-state index contributed by atoms with van der Waals surface area (Å²) in [6.45, 7) is 1.79. The Bertz CT molecular complexity index is 798. The van der Waals surface area contributed by atoms with Crippen LogP contribution in [0.1, 0.15) is 11.3 Å². The molecule has 2 heterocycles. The number of fused-ring (bicyclic) bond motifs is 1. The van der Waals surface area contributed by atoms with Crippen molar-refractivity contribution in [1.29, 1.82) is 0 Å². The van der Waals surface area contributed by atoms with E-state index in [-0.39, 0.29) is 6.61 Å². The molecule has 3 rings (SSSR count). The van der Waals surface area contributed by atoms with Crippen LogP contribution in [0.3, 0.4) is 0 Å². The third kappa shape index (κ3) is 2.16. The number of aromatic nitrogens is 3. The normalized spacial score (nSPS) is 11.2. The summed E-state index contributed by atoms with van der Waals surface area (Å²) in [5.74, 6) is 0. The molecule has 0 saturated carbocycles. The zero-order valence-corrected chi connectivity index (χ0v) is 12.1. The Kier molecular flexibility index (Phi) is 3.38. The fourth-order valence-corrected chi connectivity index (χ4v) is 2.70. The number of hydrogen-bond donors (Lipinski definition) is 2. The molecule has 4 nitrogen and oxygen atoms in total. The van der Waals surface area contributed by atoms with Crippen molar-refractivity contribution in [2.24, 2.45) is 0 Å². The molecule has 0 radical (unpaired) electrons. The van der Waals surface area contributed by atoms with Crippen molar-refractivity contribution in [1.82, 2.24) is 15.2 Å². The highest BCUT2D eigenvalue weighted by Gasteiger charge is 2.15. The first kappa shape index (κ1) is 13.4. The first-order valence-corrected chi connectivity index (χ1v) is 6.76. The van der Waals surface area contributed by atoms with E-state index in [0.29, 0.717) is 21.1 Å². The van der Waals surface area contributed by atoms with Gasteiger partial charge in [0.1, 0.15) is 11.0 Å². The van der Waals surface area contributed by atoms with Crippen LogP contribution in [0.4, 0.5) is 0 Å². The predicted molar refractivity (Wildman–Crippen MR) is 80.0 cm³/mol. The minimum atomic E-state index is -0.0848. The minimum Gasteiger partial charge on any atom is -0.392 e. The highest BCUT2D eigenvalue weighted by atomic mass is 35.5. The second-order valence-electron chi connectivity index (χ2n) is 4.50. The highest BCUT2D eigenvalue weighted by Crippen LogP contribution is 2.33. The summed E-state index contributed by atoms with van der Waals surface area (Å²) in [4.78, 5) is 4.49. The highest BCUT2D eigenvalue weighted by molar-refractivity contribution is 6.36. The number of hydrogen-bond acceptors (Lipinski definition) is 3. The molecular weight excluding hydrogens is 297 g/mol. The molecule has 0 amide bonds. The van der Waals surface area contributed by atoms with Gasteiger partial charge in [-0.3, -0.25) is 5.10 Å². The average Bonchev–Trinajstić information content (AvgIpc) is 2.81. The molecule has 0 bridgehead atoms. The zero-order chi connectivity index (χ0) is 14.3. The van der Waals surface area contributed by atoms with Crippen molar-refractivity contribution in [2.75, 3.05) is 0 Å². The van der Waals surface area contributed by atoms with Gasteiger partial charge < -0.3 is 5.11 Å². The van der Waals surface area contributed by atoms with Crippen molar-refractivity contribution >= 4 is 34.2 Å². The van der Waals surface area contributed by atoms with Crippen molar-refractivity contribution < 1.29 is 5.11 Å². The number of aromatic amines is 1. The number of rotatable bonds is 2. The minimum absolute atomic E-state index is 0.0848. The number of nitrogens with one attached hydrogen (secondary N) is 1. The quantitative estimate of drug-likeness (QED) is 0.758. The van der Waals surface area contributed by atoms with E-state index >= 15 is 0 Å². The van der Waals surface area contributed by atoms with Gasteiger partial charge in [0.05, 0.1) is 17.3 Å². The third-order valence-corrected chi connectivity index (χ3v) is 3.63. The fourth-order valence-electron chi connectivity index (χ4n) is 2.20. The Morgan fingerprint density at radius 2 is 2.00 bits per heavy atom. The standard InChI is InChI=1S/C14H11Cl2N3O/c1-7-4-8(6-20)12-14(17-7)13(19-18-12)10-3-2-9(15)5-11(10)16/h2-5,20H,6H2,1H3,(H,18,19). The van der Waals surface area contributed by atoms with Crippen LogP contribution in [-0.2, 0) is 6.61 Å². The molecule has 0 spiro atoms. The van der Waals surface area contributed by atoms with Crippen LogP contribution in [-0.4, -0.2) is 20.3 Å². The maximum atomic E-state index is 9.41. The molecule has 0 aliphatic rings. The largest absolute Gasteiger partial charge is 0.392 e. The Balaban J connectivity index is 2.29. The number of benzene rings is 1. The Hall–Kier alpha value is -1.62. The second-order valence-corrected chi connectivity index (χ2v) is 5.34.